The molecule has 0 saturated carbocycles. The van der Waals surface area contributed by atoms with Crippen LogP contribution in [0.15, 0.2) is 28.1 Å². The van der Waals surface area contributed by atoms with Crippen molar-refractivity contribution in [3.05, 3.63) is 23.8 Å². The number of rotatable bonds is 5. The fourth-order valence-electron chi connectivity index (χ4n) is 1.44. The third kappa shape index (κ3) is 2.93. The Balaban J connectivity index is 3.38. The Morgan fingerprint density at radius 2 is 2.12 bits per heavy atom. The predicted octanol–water partition coefficient (Wildman–Crippen LogP) is 1.32. The van der Waals surface area contributed by atoms with Crippen molar-refractivity contribution in [2.45, 2.75) is 18.4 Å². The lowest BCUT2D eigenvalue weighted by molar-refractivity contribution is 0.397. The molecule has 0 aliphatic carbocycles. The second-order valence-corrected chi connectivity index (χ2v) is 5.51. The highest BCUT2D eigenvalue weighted by Crippen LogP contribution is 2.29. The van der Waals surface area contributed by atoms with E-state index < -0.39 is 9.84 Å². The van der Waals surface area contributed by atoms with Crippen LogP contribution in [-0.4, -0.2) is 27.4 Å². The van der Waals surface area contributed by atoms with Gasteiger partial charge in [-0.15, -0.1) is 0 Å². The van der Waals surface area contributed by atoms with Crippen LogP contribution in [0.5, 0.6) is 5.75 Å². The summed E-state index contributed by atoms with van der Waals surface area (Å²) in [5, 5.41) is 0. The summed E-state index contributed by atoms with van der Waals surface area (Å²) >= 11 is 0. The normalized spacial score (nSPS) is 10.7. The van der Waals surface area contributed by atoms with E-state index in [9.17, 15) is 13.2 Å². The number of aliphatic imine (C=N–C) groups is 1. The topological polar surface area (TPSA) is 72.8 Å². The molecule has 0 fully saturated rings. The standard InChI is InChI=1S/C11H13NO4S/c1-3-17(14,15)10-6-4-5-9(7-12-8-13)11(10)16-2/h4-6H,3,7H2,1-2H3. The van der Waals surface area contributed by atoms with E-state index in [1.165, 1.54) is 19.3 Å². The lowest BCUT2D eigenvalue weighted by Gasteiger charge is -2.11. The number of hydrogen-bond donors (Lipinski definition) is 0. The van der Waals surface area contributed by atoms with Crippen molar-refractivity contribution in [3.8, 4) is 5.75 Å². The van der Waals surface area contributed by atoms with Gasteiger partial charge in [-0.25, -0.2) is 18.2 Å². The molecule has 5 nitrogen and oxygen atoms in total. The SMILES string of the molecule is CCS(=O)(=O)c1cccc(CN=C=O)c1OC. The quantitative estimate of drug-likeness (QED) is 0.587. The molecular weight excluding hydrogens is 242 g/mol. The number of sulfone groups is 1. The molecule has 0 radical (unpaired) electrons. The van der Waals surface area contributed by atoms with Gasteiger partial charge in [-0.2, -0.15) is 0 Å². The lowest BCUT2D eigenvalue weighted by atomic mass is 10.2. The van der Waals surface area contributed by atoms with Gasteiger partial charge in [0.05, 0.1) is 19.4 Å². The number of isocyanates is 1. The maximum Gasteiger partial charge on any atom is 0.235 e. The van der Waals surface area contributed by atoms with Crippen LogP contribution in [0.25, 0.3) is 0 Å². The molecule has 1 rings (SSSR count). The summed E-state index contributed by atoms with van der Waals surface area (Å²) in [6.07, 6.45) is 1.41. The molecule has 0 saturated heterocycles. The first-order valence-electron chi connectivity index (χ1n) is 4.99. The highest BCUT2D eigenvalue weighted by Gasteiger charge is 2.19. The number of hydrogen-bond acceptors (Lipinski definition) is 5. The lowest BCUT2D eigenvalue weighted by Crippen LogP contribution is -2.07. The van der Waals surface area contributed by atoms with Crippen molar-refractivity contribution in [3.63, 3.8) is 0 Å². The number of ether oxygens (including phenoxy) is 1. The summed E-state index contributed by atoms with van der Waals surface area (Å²) in [6, 6.07) is 4.74. The predicted molar refractivity (Wildman–Crippen MR) is 62.5 cm³/mol. The van der Waals surface area contributed by atoms with Crippen molar-refractivity contribution < 1.29 is 17.9 Å². The number of carbonyl (C=O) groups excluding carboxylic acids is 1. The van der Waals surface area contributed by atoms with Crippen LogP contribution in [-0.2, 0) is 21.2 Å². The van der Waals surface area contributed by atoms with Gasteiger partial charge >= 0.3 is 0 Å². The van der Waals surface area contributed by atoms with E-state index in [2.05, 4.69) is 4.99 Å². The molecule has 0 unspecified atom stereocenters. The molecule has 17 heavy (non-hydrogen) atoms. The molecule has 0 atom stereocenters. The van der Waals surface area contributed by atoms with Crippen LogP contribution in [0, 0.1) is 0 Å². The van der Waals surface area contributed by atoms with Gasteiger partial charge in [0, 0.05) is 5.56 Å². The average molecular weight is 255 g/mol. The second-order valence-electron chi connectivity index (χ2n) is 3.26. The van der Waals surface area contributed by atoms with Crippen molar-refractivity contribution in [2.75, 3.05) is 12.9 Å². The van der Waals surface area contributed by atoms with Crippen molar-refractivity contribution >= 4 is 15.9 Å². The van der Waals surface area contributed by atoms with Crippen LogP contribution < -0.4 is 4.74 Å². The summed E-state index contributed by atoms with van der Waals surface area (Å²) in [5.74, 6) is 0.234. The molecule has 0 amide bonds. The second kappa shape index (κ2) is 5.61. The number of methoxy groups -OCH3 is 1. The zero-order chi connectivity index (χ0) is 12.9. The molecule has 1 aromatic rings. The van der Waals surface area contributed by atoms with E-state index in [-0.39, 0.29) is 22.9 Å². The fourth-order valence-corrected chi connectivity index (χ4v) is 2.53. The van der Waals surface area contributed by atoms with Gasteiger partial charge in [0.15, 0.2) is 9.84 Å². The molecule has 0 heterocycles. The molecule has 0 N–H and O–H groups in total. The molecule has 0 bridgehead atoms. The average Bonchev–Trinajstić information content (AvgIpc) is 2.35. The molecular formula is C11H13NO4S. The van der Waals surface area contributed by atoms with Gasteiger partial charge in [-0.1, -0.05) is 19.1 Å². The van der Waals surface area contributed by atoms with Crippen molar-refractivity contribution in [1.82, 2.24) is 0 Å². The van der Waals surface area contributed by atoms with Gasteiger partial charge in [0.2, 0.25) is 6.08 Å². The maximum atomic E-state index is 11.8. The van der Waals surface area contributed by atoms with Gasteiger partial charge in [-0.05, 0) is 6.07 Å². The Morgan fingerprint density at radius 1 is 1.41 bits per heavy atom. The maximum absolute atomic E-state index is 11.8. The zero-order valence-corrected chi connectivity index (χ0v) is 10.5. The van der Waals surface area contributed by atoms with Crippen molar-refractivity contribution in [2.24, 2.45) is 4.99 Å². The Labute approximate surface area is 100 Å². The first-order chi connectivity index (χ1) is 8.06. The van der Waals surface area contributed by atoms with Crippen LogP contribution >= 0.6 is 0 Å². The first-order valence-corrected chi connectivity index (χ1v) is 6.64. The Bertz CT molecular complexity index is 545. The number of para-hydroxylation sites is 1. The first kappa shape index (κ1) is 13.4. The molecule has 0 aliphatic heterocycles. The molecule has 0 aromatic heterocycles. The minimum atomic E-state index is -3.35. The summed E-state index contributed by atoms with van der Waals surface area (Å²) in [7, 11) is -1.97. The largest absolute Gasteiger partial charge is 0.495 e. The molecule has 0 spiro atoms. The third-order valence-corrected chi connectivity index (χ3v) is 4.05. The van der Waals surface area contributed by atoms with Crippen LogP contribution in [0.3, 0.4) is 0 Å². The van der Waals surface area contributed by atoms with Crippen LogP contribution in [0.1, 0.15) is 12.5 Å². The zero-order valence-electron chi connectivity index (χ0n) is 9.63. The highest BCUT2D eigenvalue weighted by atomic mass is 32.2. The van der Waals surface area contributed by atoms with E-state index in [0.717, 1.165) is 0 Å². The van der Waals surface area contributed by atoms with Crippen LogP contribution in [0.4, 0.5) is 0 Å². The van der Waals surface area contributed by atoms with E-state index >= 15 is 0 Å². The van der Waals surface area contributed by atoms with E-state index in [4.69, 9.17) is 4.74 Å². The van der Waals surface area contributed by atoms with E-state index in [0.29, 0.717) is 5.56 Å². The van der Waals surface area contributed by atoms with Crippen LogP contribution in [0.2, 0.25) is 0 Å². The minimum absolute atomic E-state index is 0.0102. The van der Waals surface area contributed by atoms with Gasteiger partial charge in [0.1, 0.15) is 10.6 Å². The third-order valence-electron chi connectivity index (χ3n) is 2.29. The molecule has 92 valence electrons. The van der Waals surface area contributed by atoms with Crippen molar-refractivity contribution in [1.29, 1.82) is 0 Å². The van der Waals surface area contributed by atoms with Gasteiger partial charge in [-0.3, -0.25) is 0 Å². The number of nitrogens with zero attached hydrogens (tertiary/aromatic N) is 1. The molecule has 6 heteroatoms. The summed E-state index contributed by atoms with van der Waals surface area (Å²) in [4.78, 5) is 13.6. The molecule has 1 aromatic carbocycles. The monoisotopic (exact) mass is 255 g/mol. The highest BCUT2D eigenvalue weighted by molar-refractivity contribution is 7.91. The van der Waals surface area contributed by atoms with E-state index in [1.807, 2.05) is 0 Å². The Hall–Kier alpha value is -1.65. The summed E-state index contributed by atoms with van der Waals surface area (Å²) in [5.41, 5.74) is 0.547. The fraction of sp³-hybridized carbons (Fsp3) is 0.364. The minimum Gasteiger partial charge on any atom is -0.495 e. The number of benzene rings is 1. The smallest absolute Gasteiger partial charge is 0.235 e. The summed E-state index contributed by atoms with van der Waals surface area (Å²) < 4.78 is 28.7. The van der Waals surface area contributed by atoms with E-state index in [1.54, 1.807) is 19.1 Å². The summed E-state index contributed by atoms with van der Waals surface area (Å²) in [6.45, 7) is 1.62. The van der Waals surface area contributed by atoms with Gasteiger partial charge < -0.3 is 4.74 Å². The Kier molecular flexibility index (Phi) is 4.43. The Morgan fingerprint density at radius 3 is 2.65 bits per heavy atom. The van der Waals surface area contributed by atoms with Gasteiger partial charge in [0.25, 0.3) is 0 Å². The molecule has 0 aliphatic rings.